The molecular weight excluding hydrogens is 244 g/mol. The van der Waals surface area contributed by atoms with Gasteiger partial charge in [-0.2, -0.15) is 0 Å². The van der Waals surface area contributed by atoms with E-state index in [0.29, 0.717) is 19.7 Å². The van der Waals surface area contributed by atoms with Gasteiger partial charge in [-0.3, -0.25) is 4.79 Å². The van der Waals surface area contributed by atoms with Crippen LogP contribution in [0.1, 0.15) is 39.5 Å². The molecule has 5 heteroatoms. The molecule has 0 aromatic heterocycles. The first-order valence-electron chi connectivity index (χ1n) is 7.28. The molecule has 1 aliphatic rings. The highest BCUT2D eigenvalue weighted by molar-refractivity contribution is 5.78. The van der Waals surface area contributed by atoms with Gasteiger partial charge in [0.25, 0.3) is 0 Å². The second-order valence-corrected chi connectivity index (χ2v) is 5.17. The maximum Gasteiger partial charge on any atom is 0.234 e. The van der Waals surface area contributed by atoms with Crippen molar-refractivity contribution in [2.75, 3.05) is 33.4 Å². The molecule has 0 saturated carbocycles. The molecule has 1 heterocycles. The first-order valence-corrected chi connectivity index (χ1v) is 7.28. The van der Waals surface area contributed by atoms with Crippen LogP contribution in [0.5, 0.6) is 0 Å². The van der Waals surface area contributed by atoms with Crippen molar-refractivity contribution in [3.63, 3.8) is 0 Å². The molecular formula is C14H28N2O3. The van der Waals surface area contributed by atoms with Crippen molar-refractivity contribution in [2.24, 2.45) is 0 Å². The monoisotopic (exact) mass is 272 g/mol. The van der Waals surface area contributed by atoms with E-state index in [0.717, 1.165) is 32.3 Å². The van der Waals surface area contributed by atoms with Crippen LogP contribution in [0.15, 0.2) is 0 Å². The van der Waals surface area contributed by atoms with Crippen molar-refractivity contribution in [2.45, 2.75) is 51.2 Å². The quantitative estimate of drug-likeness (QED) is 0.649. The zero-order chi connectivity index (χ0) is 14.1. The molecule has 112 valence electrons. The molecule has 5 nitrogen and oxygen atoms in total. The Bertz CT molecular complexity index is 267. The second kappa shape index (κ2) is 8.51. The summed E-state index contributed by atoms with van der Waals surface area (Å²) in [6.07, 6.45) is 3.83. The van der Waals surface area contributed by atoms with Crippen molar-refractivity contribution >= 4 is 5.91 Å². The lowest BCUT2D eigenvalue weighted by molar-refractivity contribution is -0.125. The smallest absolute Gasteiger partial charge is 0.234 e. The predicted molar refractivity (Wildman–Crippen MR) is 75.2 cm³/mol. The van der Waals surface area contributed by atoms with Gasteiger partial charge in [-0.1, -0.05) is 13.8 Å². The third-order valence-electron chi connectivity index (χ3n) is 3.92. The molecule has 1 amide bonds. The highest BCUT2D eigenvalue weighted by Gasteiger charge is 2.34. The molecule has 0 spiro atoms. The van der Waals surface area contributed by atoms with Gasteiger partial charge in [0.05, 0.1) is 18.8 Å². The van der Waals surface area contributed by atoms with Gasteiger partial charge in [-0.15, -0.1) is 0 Å². The van der Waals surface area contributed by atoms with Crippen LogP contribution in [0.2, 0.25) is 0 Å². The van der Waals surface area contributed by atoms with Crippen molar-refractivity contribution in [3.8, 4) is 0 Å². The second-order valence-electron chi connectivity index (χ2n) is 5.17. The summed E-state index contributed by atoms with van der Waals surface area (Å²) in [7, 11) is 1.65. The van der Waals surface area contributed by atoms with Crippen molar-refractivity contribution in [1.29, 1.82) is 0 Å². The average molecular weight is 272 g/mol. The SMILES string of the molecule is CCC1(CC)CC(NC(=O)CNCCOC)CCO1. The molecule has 0 radical (unpaired) electrons. The number of ether oxygens (including phenoxy) is 2. The Morgan fingerprint density at radius 3 is 2.79 bits per heavy atom. The van der Waals surface area contributed by atoms with E-state index in [1.165, 1.54) is 0 Å². The first kappa shape index (κ1) is 16.4. The molecule has 0 aromatic rings. The predicted octanol–water partition coefficient (Wildman–Crippen LogP) is 1.08. The molecule has 1 aliphatic heterocycles. The van der Waals surface area contributed by atoms with Crippen molar-refractivity contribution < 1.29 is 14.3 Å². The minimum Gasteiger partial charge on any atom is -0.383 e. The number of rotatable bonds is 8. The lowest BCUT2D eigenvalue weighted by atomic mass is 9.86. The Labute approximate surface area is 116 Å². The molecule has 2 N–H and O–H groups in total. The summed E-state index contributed by atoms with van der Waals surface area (Å²) >= 11 is 0. The topological polar surface area (TPSA) is 59.6 Å². The molecule has 19 heavy (non-hydrogen) atoms. The fourth-order valence-electron chi connectivity index (χ4n) is 2.55. The molecule has 1 unspecified atom stereocenters. The van der Waals surface area contributed by atoms with E-state index in [1.54, 1.807) is 7.11 Å². The maximum absolute atomic E-state index is 11.8. The molecule has 1 saturated heterocycles. The highest BCUT2D eigenvalue weighted by atomic mass is 16.5. The number of hydrogen-bond acceptors (Lipinski definition) is 4. The summed E-state index contributed by atoms with van der Waals surface area (Å²) in [5.41, 5.74) is -0.0420. The summed E-state index contributed by atoms with van der Waals surface area (Å²) in [4.78, 5) is 11.8. The Kier molecular flexibility index (Phi) is 7.34. The number of carbonyl (C=O) groups excluding carboxylic acids is 1. The summed E-state index contributed by atoms with van der Waals surface area (Å²) in [6, 6.07) is 0.241. The van der Waals surface area contributed by atoms with Gasteiger partial charge in [0.15, 0.2) is 0 Å². The zero-order valence-electron chi connectivity index (χ0n) is 12.5. The molecule has 0 aromatic carbocycles. The van der Waals surface area contributed by atoms with E-state index < -0.39 is 0 Å². The third kappa shape index (κ3) is 5.47. The van der Waals surface area contributed by atoms with Crippen LogP contribution in [0.4, 0.5) is 0 Å². The lowest BCUT2D eigenvalue weighted by Gasteiger charge is -2.40. The van der Waals surface area contributed by atoms with Crippen LogP contribution < -0.4 is 10.6 Å². The van der Waals surface area contributed by atoms with Crippen LogP contribution in [-0.4, -0.2) is 51.0 Å². The fourth-order valence-corrected chi connectivity index (χ4v) is 2.55. The Morgan fingerprint density at radius 2 is 2.16 bits per heavy atom. The van der Waals surface area contributed by atoms with Crippen LogP contribution >= 0.6 is 0 Å². The Hall–Kier alpha value is -0.650. The standard InChI is InChI=1S/C14H28N2O3/c1-4-14(5-2)10-12(6-8-19-14)16-13(17)11-15-7-9-18-3/h12,15H,4-11H2,1-3H3,(H,16,17). The van der Waals surface area contributed by atoms with E-state index in [1.807, 2.05) is 0 Å². The molecule has 0 aliphatic carbocycles. The normalized spacial score (nSPS) is 22.2. The summed E-state index contributed by atoms with van der Waals surface area (Å²) in [5.74, 6) is 0.0594. The molecule has 1 fully saturated rings. The maximum atomic E-state index is 11.8. The molecule has 1 rings (SSSR count). The minimum atomic E-state index is -0.0420. The van der Waals surface area contributed by atoms with Gasteiger partial charge < -0.3 is 20.1 Å². The largest absolute Gasteiger partial charge is 0.383 e. The number of amides is 1. The van der Waals surface area contributed by atoms with Gasteiger partial charge in [0.1, 0.15) is 0 Å². The van der Waals surface area contributed by atoms with Crippen LogP contribution in [0, 0.1) is 0 Å². The Morgan fingerprint density at radius 1 is 1.42 bits per heavy atom. The van der Waals surface area contributed by atoms with Gasteiger partial charge in [-0.05, 0) is 25.7 Å². The van der Waals surface area contributed by atoms with Crippen molar-refractivity contribution in [1.82, 2.24) is 10.6 Å². The number of carbonyl (C=O) groups is 1. The van der Waals surface area contributed by atoms with Crippen LogP contribution in [0.3, 0.4) is 0 Å². The zero-order valence-corrected chi connectivity index (χ0v) is 12.5. The van der Waals surface area contributed by atoms with Gasteiger partial charge in [-0.25, -0.2) is 0 Å². The summed E-state index contributed by atoms with van der Waals surface area (Å²) < 4.78 is 10.8. The lowest BCUT2D eigenvalue weighted by Crippen LogP contribution is -2.49. The number of methoxy groups -OCH3 is 1. The van der Waals surface area contributed by atoms with E-state index >= 15 is 0 Å². The van der Waals surface area contributed by atoms with Crippen molar-refractivity contribution in [3.05, 3.63) is 0 Å². The number of nitrogens with one attached hydrogen (secondary N) is 2. The highest BCUT2D eigenvalue weighted by Crippen LogP contribution is 2.31. The van der Waals surface area contributed by atoms with Gasteiger partial charge >= 0.3 is 0 Å². The van der Waals surface area contributed by atoms with Crippen LogP contribution in [-0.2, 0) is 14.3 Å². The average Bonchev–Trinajstić information content (AvgIpc) is 2.44. The number of hydrogen-bond donors (Lipinski definition) is 2. The molecule has 0 bridgehead atoms. The first-order chi connectivity index (χ1) is 9.15. The van der Waals surface area contributed by atoms with Gasteiger partial charge in [0, 0.05) is 26.3 Å². The third-order valence-corrected chi connectivity index (χ3v) is 3.92. The van der Waals surface area contributed by atoms with E-state index in [4.69, 9.17) is 9.47 Å². The van der Waals surface area contributed by atoms with E-state index in [9.17, 15) is 4.79 Å². The minimum absolute atomic E-state index is 0.0420. The Balaban J connectivity index is 2.29. The van der Waals surface area contributed by atoms with Gasteiger partial charge in [0.2, 0.25) is 5.91 Å². The van der Waals surface area contributed by atoms with E-state index in [-0.39, 0.29) is 17.6 Å². The fraction of sp³-hybridized carbons (Fsp3) is 0.929. The van der Waals surface area contributed by atoms with Crippen LogP contribution in [0.25, 0.3) is 0 Å². The summed E-state index contributed by atoms with van der Waals surface area (Å²) in [6.45, 7) is 6.72. The van der Waals surface area contributed by atoms with E-state index in [2.05, 4.69) is 24.5 Å². The summed E-state index contributed by atoms with van der Waals surface area (Å²) in [5, 5.41) is 6.15. The molecule has 1 atom stereocenters.